The van der Waals surface area contributed by atoms with Crippen LogP contribution in [0.25, 0.3) is 0 Å². The highest BCUT2D eigenvalue weighted by Gasteiger charge is 2.42. The monoisotopic (exact) mass is 596 g/mol. The molecule has 0 saturated heterocycles. The first-order chi connectivity index (χ1) is 18.4. The van der Waals surface area contributed by atoms with Crippen molar-refractivity contribution in [1.82, 2.24) is 0 Å². The lowest BCUT2D eigenvalue weighted by molar-refractivity contribution is 0.195. The Bertz CT molecular complexity index is 1180. The third-order valence-electron chi connectivity index (χ3n) is 9.56. The summed E-state index contributed by atoms with van der Waals surface area (Å²) in [5.74, 6) is 0.191. The molecule has 2 aromatic rings. The Morgan fingerprint density at radius 3 is 1.75 bits per heavy atom. The van der Waals surface area contributed by atoms with Crippen LogP contribution in [0.4, 0.5) is 0 Å². The maximum absolute atomic E-state index is 14.7. The molecular weight excluding hydrogens is 544 g/mol. The highest BCUT2D eigenvalue weighted by molar-refractivity contribution is 7.78. The largest absolute Gasteiger partial charge is 0.416 e. The van der Waals surface area contributed by atoms with E-state index in [1.807, 2.05) is 60.7 Å². The van der Waals surface area contributed by atoms with Crippen molar-refractivity contribution in [3.05, 3.63) is 84.5 Å². The van der Waals surface area contributed by atoms with E-state index in [1.165, 1.54) is 5.57 Å². The van der Waals surface area contributed by atoms with E-state index in [4.69, 9.17) is 8.85 Å². The summed E-state index contributed by atoms with van der Waals surface area (Å²) in [7, 11) is -6.75. The Balaban J connectivity index is 1.93. The van der Waals surface area contributed by atoms with Crippen molar-refractivity contribution in [3.8, 4) is 0 Å². The van der Waals surface area contributed by atoms with Crippen molar-refractivity contribution in [2.75, 3.05) is 12.8 Å². The predicted octanol–water partition coefficient (Wildman–Crippen LogP) is 9.31. The first-order valence-electron chi connectivity index (χ1n) is 14.8. The molecule has 1 aliphatic carbocycles. The van der Waals surface area contributed by atoms with Gasteiger partial charge in [-0.05, 0) is 54.7 Å². The molecule has 0 N–H and O–H groups in total. The van der Waals surface area contributed by atoms with E-state index in [-0.39, 0.29) is 22.1 Å². The van der Waals surface area contributed by atoms with Gasteiger partial charge >= 0.3 is 0 Å². The van der Waals surface area contributed by atoms with Crippen LogP contribution in [0.15, 0.2) is 84.5 Å². The molecule has 0 fully saturated rings. The molecule has 40 heavy (non-hydrogen) atoms. The Hall–Kier alpha value is -1.50. The van der Waals surface area contributed by atoms with Crippen molar-refractivity contribution in [1.29, 1.82) is 0 Å². The van der Waals surface area contributed by atoms with Crippen molar-refractivity contribution in [3.63, 3.8) is 0 Å². The summed E-state index contributed by atoms with van der Waals surface area (Å²) < 4.78 is 28.4. The van der Waals surface area contributed by atoms with Gasteiger partial charge < -0.3 is 13.4 Å². The van der Waals surface area contributed by atoms with E-state index in [2.05, 4.69) is 80.4 Å². The second kappa shape index (κ2) is 12.4. The van der Waals surface area contributed by atoms with Crippen LogP contribution in [-0.4, -0.2) is 35.5 Å². The Kier molecular flexibility index (Phi) is 10.2. The summed E-state index contributed by atoms with van der Waals surface area (Å²) >= 11 is 0. The van der Waals surface area contributed by atoms with Gasteiger partial charge in [-0.15, -0.1) is 0 Å². The average molecular weight is 597 g/mol. The molecule has 0 radical (unpaired) electrons. The van der Waals surface area contributed by atoms with Crippen LogP contribution in [-0.2, 0) is 13.4 Å². The molecule has 220 valence electrons. The molecule has 0 unspecified atom stereocenters. The van der Waals surface area contributed by atoms with Crippen LogP contribution in [0, 0.1) is 5.92 Å². The van der Waals surface area contributed by atoms with Gasteiger partial charge in [0.1, 0.15) is 7.14 Å². The number of allylic oxidation sites excluding steroid dienone is 1. The van der Waals surface area contributed by atoms with Gasteiger partial charge in [-0.3, -0.25) is 0 Å². The lowest BCUT2D eigenvalue weighted by Crippen LogP contribution is -2.46. The van der Waals surface area contributed by atoms with Crippen LogP contribution in [0.5, 0.6) is 0 Å². The molecule has 6 heteroatoms. The van der Waals surface area contributed by atoms with E-state index < -0.39 is 23.8 Å². The van der Waals surface area contributed by atoms with Gasteiger partial charge in [-0.1, -0.05) is 120 Å². The average Bonchev–Trinajstić information content (AvgIpc) is 2.87. The molecule has 0 amide bonds. The predicted molar refractivity (Wildman–Crippen MR) is 180 cm³/mol. The molecule has 3 rings (SSSR count). The fourth-order valence-electron chi connectivity index (χ4n) is 4.60. The quantitative estimate of drug-likeness (QED) is 0.156. The molecule has 3 nitrogen and oxygen atoms in total. The summed E-state index contributed by atoms with van der Waals surface area (Å²) in [4.78, 5) is 0. The zero-order chi connectivity index (χ0) is 30.0. The molecule has 1 aliphatic rings. The van der Waals surface area contributed by atoms with Crippen molar-refractivity contribution in [2.45, 2.75) is 96.8 Å². The van der Waals surface area contributed by atoms with Crippen LogP contribution in [0.3, 0.4) is 0 Å². The van der Waals surface area contributed by atoms with Crippen molar-refractivity contribution >= 4 is 34.4 Å². The zero-order valence-electron chi connectivity index (χ0n) is 26.7. The second-order valence-electron chi connectivity index (χ2n) is 14.6. The molecule has 0 aliphatic heterocycles. The third-order valence-corrected chi connectivity index (χ3v) is 21.6. The standard InChI is InChI=1S/C34H53O3PSi2/c1-27-29(26-36-39(8,9)33(2,3)4)24-28(25-32(27)37-40(10,11)34(5,6)7)22-23-38(35,30-18-14-12-15-19-30)31-20-16-13-17-21-31/h12-21,25,29,32H,1,22-24,26H2,2-11H3/t29-,32+/m0/s1. The Morgan fingerprint density at radius 2 is 1.30 bits per heavy atom. The number of hydrogen-bond acceptors (Lipinski definition) is 3. The third kappa shape index (κ3) is 7.66. The highest BCUT2D eigenvalue weighted by atomic mass is 31.2. The van der Waals surface area contributed by atoms with E-state index in [0.717, 1.165) is 29.0 Å². The second-order valence-corrected chi connectivity index (χ2v) is 27.1. The maximum Gasteiger partial charge on any atom is 0.193 e. The van der Waals surface area contributed by atoms with Gasteiger partial charge in [0.2, 0.25) is 0 Å². The van der Waals surface area contributed by atoms with E-state index >= 15 is 0 Å². The van der Waals surface area contributed by atoms with Crippen LogP contribution < -0.4 is 10.6 Å². The van der Waals surface area contributed by atoms with Crippen molar-refractivity contribution in [2.24, 2.45) is 5.92 Å². The molecule has 0 bridgehead atoms. The number of benzene rings is 2. The van der Waals surface area contributed by atoms with E-state index in [9.17, 15) is 4.57 Å². The van der Waals surface area contributed by atoms with Gasteiger partial charge in [0.25, 0.3) is 0 Å². The smallest absolute Gasteiger partial charge is 0.193 e. The Morgan fingerprint density at radius 1 is 0.825 bits per heavy atom. The normalized spacial score (nSPS) is 19.4. The van der Waals surface area contributed by atoms with Gasteiger partial charge in [0.15, 0.2) is 16.6 Å². The number of hydrogen-bond donors (Lipinski definition) is 0. The minimum absolute atomic E-state index is 0.0994. The fraction of sp³-hybridized carbons (Fsp3) is 0.529. The summed E-state index contributed by atoms with van der Waals surface area (Å²) in [5, 5.41) is 2.10. The molecule has 0 saturated carbocycles. The topological polar surface area (TPSA) is 35.5 Å². The molecule has 2 aromatic carbocycles. The fourth-order valence-corrected chi connectivity index (χ4v) is 9.58. The van der Waals surface area contributed by atoms with Gasteiger partial charge in [-0.2, -0.15) is 0 Å². The molecule has 0 heterocycles. The molecule has 0 aromatic heterocycles. The van der Waals surface area contributed by atoms with Gasteiger partial charge in [-0.25, -0.2) is 0 Å². The summed E-state index contributed by atoms with van der Waals surface area (Å²) in [6, 6.07) is 20.0. The highest BCUT2D eigenvalue weighted by Crippen LogP contribution is 2.47. The zero-order valence-corrected chi connectivity index (χ0v) is 29.6. The first kappa shape index (κ1) is 33.0. The first-order valence-corrected chi connectivity index (χ1v) is 22.5. The van der Waals surface area contributed by atoms with Crippen molar-refractivity contribution < 1.29 is 13.4 Å². The van der Waals surface area contributed by atoms with Gasteiger partial charge in [0.05, 0.1) is 6.10 Å². The molecule has 0 spiro atoms. The van der Waals surface area contributed by atoms with E-state index in [0.29, 0.717) is 12.8 Å². The summed E-state index contributed by atoms with van der Waals surface area (Å²) in [6.45, 7) is 28.2. The van der Waals surface area contributed by atoms with E-state index in [1.54, 1.807) is 0 Å². The lowest BCUT2D eigenvalue weighted by Gasteiger charge is -2.43. The maximum atomic E-state index is 14.7. The minimum atomic E-state index is -2.80. The van der Waals surface area contributed by atoms with Crippen LogP contribution in [0.1, 0.15) is 54.4 Å². The minimum Gasteiger partial charge on any atom is -0.416 e. The number of rotatable bonds is 10. The molecular formula is C34H53O3PSi2. The van der Waals surface area contributed by atoms with Gasteiger partial charge in [0, 0.05) is 29.3 Å². The molecule has 2 atom stereocenters. The summed E-state index contributed by atoms with van der Waals surface area (Å²) in [5.41, 5.74) is 2.44. The lowest BCUT2D eigenvalue weighted by atomic mass is 9.83. The SMILES string of the molecule is C=C1[C@H](CO[Si](C)(C)C(C)(C)C)CC(CCP(=O)(c2ccccc2)c2ccccc2)=C[C@H]1O[Si](C)(C)C(C)(C)C. The van der Waals surface area contributed by atoms with Crippen LogP contribution in [0.2, 0.25) is 36.3 Å². The summed E-state index contributed by atoms with van der Waals surface area (Å²) in [6.07, 6.45) is 4.41. The van der Waals surface area contributed by atoms with Crippen LogP contribution >= 0.6 is 7.14 Å². The Labute approximate surface area is 247 Å².